The quantitative estimate of drug-likeness (QED) is 0.379. The van der Waals surface area contributed by atoms with Crippen molar-refractivity contribution in [2.24, 2.45) is 5.92 Å². The van der Waals surface area contributed by atoms with Crippen LogP contribution in [0, 0.1) is 5.92 Å². The maximum Gasteiger partial charge on any atom is 0.320 e. The average molecular weight is 504 g/mol. The molecular weight excluding hydrogens is 474 g/mol. The molecule has 1 aromatic carbocycles. The van der Waals surface area contributed by atoms with Gasteiger partial charge in [-0.05, 0) is 73.6 Å². The van der Waals surface area contributed by atoms with Gasteiger partial charge >= 0.3 is 6.03 Å². The number of nitrogens with one attached hydrogen (secondary N) is 1. The average Bonchev–Trinajstić information content (AvgIpc) is 3.42. The Labute approximate surface area is 215 Å². The van der Waals surface area contributed by atoms with Gasteiger partial charge in [0.25, 0.3) is 0 Å². The van der Waals surface area contributed by atoms with Gasteiger partial charge in [0, 0.05) is 60.3 Å². The molecule has 0 radical (unpaired) electrons. The number of ether oxygens (including phenoxy) is 1. The number of carbonyl (C=O) groups excluding carboxylic acids is 1. The summed E-state index contributed by atoms with van der Waals surface area (Å²) < 4.78 is 5.97. The van der Waals surface area contributed by atoms with Crippen molar-refractivity contribution in [2.45, 2.75) is 31.6 Å². The summed E-state index contributed by atoms with van der Waals surface area (Å²) in [6, 6.07) is 11.9. The second kappa shape index (κ2) is 9.97. The van der Waals surface area contributed by atoms with Crippen LogP contribution in [0.4, 0.5) is 4.79 Å². The van der Waals surface area contributed by atoms with Gasteiger partial charge < -0.3 is 19.5 Å². The minimum absolute atomic E-state index is 0.168. The number of hydrogen-bond donors (Lipinski definition) is 1. The molecule has 2 fully saturated rings. The third kappa shape index (κ3) is 4.60. The van der Waals surface area contributed by atoms with E-state index >= 15 is 0 Å². The zero-order valence-corrected chi connectivity index (χ0v) is 21.0. The van der Waals surface area contributed by atoms with Gasteiger partial charge in [-0.25, -0.2) is 9.78 Å². The van der Waals surface area contributed by atoms with Crippen LogP contribution in [0.3, 0.4) is 0 Å². The molecule has 186 valence electrons. The normalized spacial score (nSPS) is 19.2. The van der Waals surface area contributed by atoms with Crippen molar-refractivity contribution in [3.63, 3.8) is 0 Å². The molecule has 2 aliphatic heterocycles. The molecular formula is C28H30ClN5O2. The van der Waals surface area contributed by atoms with Crippen LogP contribution >= 0.6 is 11.6 Å². The summed E-state index contributed by atoms with van der Waals surface area (Å²) in [5.74, 6) is 1.57. The minimum Gasteiger partial charge on any atom is -0.493 e. The Morgan fingerprint density at radius 3 is 2.69 bits per heavy atom. The molecule has 0 spiro atoms. The summed E-state index contributed by atoms with van der Waals surface area (Å²) in [5, 5.41) is 3.01. The van der Waals surface area contributed by atoms with E-state index in [1.54, 1.807) is 0 Å². The lowest BCUT2D eigenvalue weighted by Gasteiger charge is -2.39. The van der Waals surface area contributed by atoms with E-state index in [1.807, 2.05) is 52.7 Å². The predicted octanol–water partition coefficient (Wildman–Crippen LogP) is 5.85. The van der Waals surface area contributed by atoms with Crippen molar-refractivity contribution in [1.29, 1.82) is 0 Å². The third-order valence-corrected chi connectivity index (χ3v) is 7.87. The lowest BCUT2D eigenvalue weighted by Crippen LogP contribution is -2.50. The number of fused-ring (bicyclic) bond motifs is 3. The number of piperidine rings is 2. The smallest absolute Gasteiger partial charge is 0.320 e. The van der Waals surface area contributed by atoms with E-state index in [-0.39, 0.29) is 6.03 Å². The first kappa shape index (κ1) is 23.1. The minimum atomic E-state index is 0.168. The van der Waals surface area contributed by atoms with Crippen LogP contribution in [-0.4, -0.2) is 63.6 Å². The molecule has 36 heavy (non-hydrogen) atoms. The second-order valence-electron chi connectivity index (χ2n) is 9.92. The Hall–Kier alpha value is -3.32. The fraction of sp³-hybridized carbons (Fsp3) is 0.393. The van der Waals surface area contributed by atoms with E-state index in [9.17, 15) is 4.79 Å². The highest BCUT2D eigenvalue weighted by atomic mass is 35.5. The lowest BCUT2D eigenvalue weighted by molar-refractivity contribution is 0.104. The molecule has 0 saturated carbocycles. The van der Waals surface area contributed by atoms with Crippen LogP contribution in [0.2, 0.25) is 5.02 Å². The summed E-state index contributed by atoms with van der Waals surface area (Å²) >= 11 is 5.97. The van der Waals surface area contributed by atoms with Crippen molar-refractivity contribution >= 4 is 39.6 Å². The van der Waals surface area contributed by atoms with Gasteiger partial charge in [0.05, 0.1) is 18.3 Å². The summed E-state index contributed by atoms with van der Waals surface area (Å²) in [7, 11) is 0. The number of carbonyl (C=O) groups is 1. The van der Waals surface area contributed by atoms with Crippen LogP contribution in [0.25, 0.3) is 21.9 Å². The van der Waals surface area contributed by atoms with E-state index in [4.69, 9.17) is 16.3 Å². The van der Waals surface area contributed by atoms with Crippen molar-refractivity contribution in [3.8, 4) is 5.75 Å². The number of H-pyrrole nitrogens is 1. The summed E-state index contributed by atoms with van der Waals surface area (Å²) in [6.07, 6.45) is 9.67. The molecule has 0 bridgehead atoms. The van der Waals surface area contributed by atoms with Crippen LogP contribution in [0.15, 0.2) is 55.0 Å². The van der Waals surface area contributed by atoms with Crippen LogP contribution in [0.1, 0.15) is 37.2 Å². The van der Waals surface area contributed by atoms with E-state index in [2.05, 4.69) is 27.1 Å². The number of amides is 2. The highest BCUT2D eigenvalue weighted by Crippen LogP contribution is 2.35. The first-order valence-electron chi connectivity index (χ1n) is 12.8. The summed E-state index contributed by atoms with van der Waals surface area (Å²) in [5.41, 5.74) is 3.14. The van der Waals surface area contributed by atoms with Crippen molar-refractivity contribution < 1.29 is 9.53 Å². The van der Waals surface area contributed by atoms with Gasteiger partial charge in [0.15, 0.2) is 0 Å². The Morgan fingerprint density at radius 2 is 1.86 bits per heavy atom. The van der Waals surface area contributed by atoms with Crippen molar-refractivity contribution in [1.82, 2.24) is 24.8 Å². The van der Waals surface area contributed by atoms with Crippen LogP contribution in [-0.2, 0) is 0 Å². The zero-order chi connectivity index (χ0) is 24.5. The molecule has 8 heteroatoms. The number of pyridine rings is 2. The topological polar surface area (TPSA) is 74.4 Å². The van der Waals surface area contributed by atoms with Gasteiger partial charge in [0.2, 0.25) is 0 Å². The number of aromatic amines is 1. The fourth-order valence-electron chi connectivity index (χ4n) is 5.72. The first-order valence-corrected chi connectivity index (χ1v) is 13.2. The Morgan fingerprint density at radius 1 is 1.03 bits per heavy atom. The molecule has 6 rings (SSSR count). The molecule has 5 heterocycles. The second-order valence-corrected chi connectivity index (χ2v) is 10.4. The van der Waals surface area contributed by atoms with Gasteiger partial charge in [0.1, 0.15) is 11.4 Å². The summed E-state index contributed by atoms with van der Waals surface area (Å²) in [6.45, 7) is 3.74. The van der Waals surface area contributed by atoms with Gasteiger partial charge in [-0.15, -0.1) is 0 Å². The first-order chi connectivity index (χ1) is 17.7. The molecule has 3 aromatic heterocycles. The van der Waals surface area contributed by atoms with Gasteiger partial charge in [-0.1, -0.05) is 11.6 Å². The molecule has 2 saturated heterocycles. The number of urea groups is 1. The highest BCUT2D eigenvalue weighted by Gasteiger charge is 2.31. The predicted molar refractivity (Wildman–Crippen MR) is 142 cm³/mol. The number of halogens is 1. The van der Waals surface area contributed by atoms with Crippen molar-refractivity contribution in [3.05, 3.63) is 65.6 Å². The number of nitrogens with zero attached hydrogens (tertiary/aromatic N) is 4. The SMILES string of the molecule is O=C(N1CCC(c2ccnc3cnc4[nH]ccc4c23)CC1)N1CCCC(COc2ccc(Cl)cc2)C1. The van der Waals surface area contributed by atoms with E-state index in [1.165, 1.54) is 10.9 Å². The molecule has 2 aliphatic rings. The summed E-state index contributed by atoms with van der Waals surface area (Å²) in [4.78, 5) is 29.7. The van der Waals surface area contributed by atoms with Crippen LogP contribution in [0.5, 0.6) is 5.75 Å². The van der Waals surface area contributed by atoms with E-state index in [0.29, 0.717) is 23.5 Å². The number of likely N-dealkylation sites (tertiary alicyclic amines) is 2. The van der Waals surface area contributed by atoms with Crippen molar-refractivity contribution in [2.75, 3.05) is 32.8 Å². The maximum atomic E-state index is 13.4. The molecule has 7 nitrogen and oxygen atoms in total. The molecule has 1 atom stereocenters. The fourth-order valence-corrected chi connectivity index (χ4v) is 5.85. The highest BCUT2D eigenvalue weighted by molar-refractivity contribution is 6.30. The molecule has 2 amide bonds. The van der Waals surface area contributed by atoms with E-state index < -0.39 is 0 Å². The van der Waals surface area contributed by atoms with Crippen LogP contribution < -0.4 is 4.74 Å². The number of hydrogen-bond acceptors (Lipinski definition) is 4. The largest absolute Gasteiger partial charge is 0.493 e. The third-order valence-electron chi connectivity index (χ3n) is 7.62. The van der Waals surface area contributed by atoms with Gasteiger partial charge in [-0.2, -0.15) is 0 Å². The standard InChI is InChI=1S/C28H30ClN5O2/c29-21-3-5-22(6-4-21)36-18-19-2-1-13-34(17-19)28(35)33-14-9-20(10-15-33)23-7-11-30-25-16-32-27-24(26(23)25)8-12-31-27/h3-8,11-12,16,19-20H,1-2,9-10,13-15,17-18H2,(H,31,32). The van der Waals surface area contributed by atoms with Gasteiger partial charge in [-0.3, -0.25) is 4.98 Å². The monoisotopic (exact) mass is 503 g/mol. The molecule has 1 N–H and O–H groups in total. The zero-order valence-electron chi connectivity index (χ0n) is 20.2. The molecule has 1 unspecified atom stereocenters. The Bertz CT molecular complexity index is 1360. The molecule has 0 aliphatic carbocycles. The number of benzene rings is 1. The lowest BCUT2D eigenvalue weighted by atomic mass is 9.87. The maximum absolute atomic E-state index is 13.4. The Balaban J connectivity index is 1.08. The number of aromatic nitrogens is 3. The Kier molecular flexibility index (Phi) is 6.40. The van der Waals surface area contributed by atoms with E-state index in [0.717, 1.165) is 74.2 Å². The number of rotatable bonds is 4. The molecule has 4 aromatic rings.